The van der Waals surface area contributed by atoms with E-state index < -0.39 is 5.97 Å². The molecule has 0 aliphatic carbocycles. The van der Waals surface area contributed by atoms with Crippen molar-refractivity contribution >= 4 is 35.5 Å². The van der Waals surface area contributed by atoms with Crippen molar-refractivity contribution in [3.05, 3.63) is 18.7 Å². The van der Waals surface area contributed by atoms with Gasteiger partial charge >= 0.3 is 35.5 Å². The molecule has 1 rings (SSSR count). The Bertz CT molecular complexity index is 197. The van der Waals surface area contributed by atoms with Crippen molar-refractivity contribution < 1.29 is 9.90 Å². The Morgan fingerprint density at radius 2 is 2.40 bits per heavy atom. The van der Waals surface area contributed by atoms with E-state index in [9.17, 15) is 4.79 Å². The van der Waals surface area contributed by atoms with Gasteiger partial charge in [-0.1, -0.05) is 0 Å². The zero-order valence-corrected chi connectivity index (χ0v) is 4.69. The zero-order chi connectivity index (χ0) is 6.69. The van der Waals surface area contributed by atoms with Crippen molar-refractivity contribution in [3.8, 4) is 0 Å². The summed E-state index contributed by atoms with van der Waals surface area (Å²) in [5.41, 5.74) is 0. The van der Waals surface area contributed by atoms with Crippen LogP contribution in [0.4, 0.5) is 0 Å². The molecule has 0 saturated heterocycles. The van der Waals surface area contributed by atoms with Gasteiger partial charge in [-0.3, -0.25) is 4.79 Å². The van der Waals surface area contributed by atoms with E-state index in [1.54, 1.807) is 12.4 Å². The number of carbonyl (C=O) groups is 1. The maximum atomic E-state index is 10.0. The van der Waals surface area contributed by atoms with E-state index in [4.69, 9.17) is 5.11 Å². The monoisotopic (exact) mass is 150 g/mol. The van der Waals surface area contributed by atoms with Crippen molar-refractivity contribution in [2.45, 2.75) is 6.54 Å². The van der Waals surface area contributed by atoms with Crippen LogP contribution in [-0.4, -0.2) is 50.2 Å². The van der Waals surface area contributed by atoms with Crippen LogP contribution >= 0.6 is 0 Å². The van der Waals surface area contributed by atoms with Crippen molar-refractivity contribution in [1.29, 1.82) is 0 Å². The second-order valence-electron chi connectivity index (χ2n) is 1.63. The van der Waals surface area contributed by atoms with Crippen LogP contribution in [0.25, 0.3) is 0 Å². The topological polar surface area (TPSA) is 55.1 Å². The van der Waals surface area contributed by atoms with Crippen molar-refractivity contribution in [2.75, 3.05) is 0 Å². The number of hydrogen-bond donors (Lipinski definition) is 1. The number of imidazole rings is 1. The summed E-state index contributed by atoms with van der Waals surface area (Å²) in [5.74, 6) is -0.854. The molecule has 0 bridgehead atoms. The fourth-order valence-corrected chi connectivity index (χ4v) is 0.536. The number of rotatable bonds is 2. The predicted octanol–water partition coefficient (Wildman–Crippen LogP) is -0.681. The number of aromatic nitrogens is 2. The van der Waals surface area contributed by atoms with Crippen LogP contribution in [0.5, 0.6) is 0 Å². The number of nitrogens with zero attached hydrogens (tertiary/aromatic N) is 2. The summed E-state index contributed by atoms with van der Waals surface area (Å²) in [7, 11) is 0. The molecule has 0 atom stereocenters. The summed E-state index contributed by atoms with van der Waals surface area (Å²) in [5, 5.41) is 8.24. The van der Waals surface area contributed by atoms with E-state index >= 15 is 0 Å². The minimum atomic E-state index is -0.854. The van der Waals surface area contributed by atoms with Gasteiger partial charge in [0.05, 0.1) is 6.33 Å². The van der Waals surface area contributed by atoms with Gasteiger partial charge in [-0.15, -0.1) is 0 Å². The summed E-state index contributed by atoms with van der Waals surface area (Å²) >= 11 is 0. The van der Waals surface area contributed by atoms with Gasteiger partial charge in [0.2, 0.25) is 0 Å². The standard InChI is InChI=1S/C5H6N2O2.Na.H/c8-5(9)3-7-2-1-6-4-7;;/h1-2,4H,3H2,(H,8,9);;. The third-order valence-corrected chi connectivity index (χ3v) is 0.877. The minimum absolute atomic E-state index is 0. The summed E-state index contributed by atoms with van der Waals surface area (Å²) in [6.45, 7) is -0.0139. The van der Waals surface area contributed by atoms with Gasteiger partial charge < -0.3 is 9.67 Å². The van der Waals surface area contributed by atoms with Crippen LogP contribution in [0.1, 0.15) is 0 Å². The van der Waals surface area contributed by atoms with E-state index in [2.05, 4.69) is 4.98 Å². The van der Waals surface area contributed by atoms with Crippen LogP contribution in [0.3, 0.4) is 0 Å². The second kappa shape index (κ2) is 4.49. The van der Waals surface area contributed by atoms with Crippen LogP contribution < -0.4 is 0 Å². The molecule has 1 aromatic rings. The number of carboxylic acids is 1. The molecule has 0 aliphatic rings. The van der Waals surface area contributed by atoms with Gasteiger partial charge in [0.25, 0.3) is 0 Å². The summed E-state index contributed by atoms with van der Waals surface area (Å²) in [6, 6.07) is 0. The van der Waals surface area contributed by atoms with E-state index in [1.807, 2.05) is 0 Å². The first-order chi connectivity index (χ1) is 4.29. The van der Waals surface area contributed by atoms with Gasteiger partial charge in [0, 0.05) is 12.4 Å². The van der Waals surface area contributed by atoms with E-state index in [0.717, 1.165) is 0 Å². The van der Waals surface area contributed by atoms with Crippen molar-refractivity contribution in [2.24, 2.45) is 0 Å². The molecule has 0 fully saturated rings. The molecule has 1 heterocycles. The SMILES string of the molecule is O=C(O)Cn1ccnc1.[NaH]. The van der Waals surface area contributed by atoms with E-state index in [0.29, 0.717) is 0 Å². The maximum absolute atomic E-state index is 10.0. The Balaban J connectivity index is 0.000000810. The van der Waals surface area contributed by atoms with Crippen LogP contribution in [0, 0.1) is 0 Å². The molecule has 50 valence electrons. The van der Waals surface area contributed by atoms with Crippen molar-refractivity contribution in [3.63, 3.8) is 0 Å². The van der Waals surface area contributed by atoms with Crippen LogP contribution in [0.2, 0.25) is 0 Å². The molecule has 0 aliphatic heterocycles. The van der Waals surface area contributed by atoms with Gasteiger partial charge in [-0.05, 0) is 0 Å². The van der Waals surface area contributed by atoms with Crippen molar-refractivity contribution in [1.82, 2.24) is 9.55 Å². The Morgan fingerprint density at radius 3 is 2.80 bits per heavy atom. The molecule has 0 unspecified atom stereocenters. The van der Waals surface area contributed by atoms with E-state index in [-0.39, 0.29) is 36.1 Å². The summed E-state index contributed by atoms with van der Waals surface area (Å²) < 4.78 is 1.49. The first-order valence-electron chi connectivity index (χ1n) is 2.46. The van der Waals surface area contributed by atoms with Gasteiger partial charge in [-0.25, -0.2) is 4.98 Å². The zero-order valence-electron chi connectivity index (χ0n) is 4.69. The van der Waals surface area contributed by atoms with Gasteiger partial charge in [-0.2, -0.15) is 0 Å². The number of carboxylic acid groups (broad SMARTS) is 1. The fourth-order valence-electron chi connectivity index (χ4n) is 0.536. The second-order valence-corrected chi connectivity index (χ2v) is 1.63. The Kier molecular flexibility index (Phi) is 4.34. The van der Waals surface area contributed by atoms with E-state index in [1.165, 1.54) is 10.9 Å². The molecule has 1 aromatic heterocycles. The summed E-state index contributed by atoms with van der Waals surface area (Å²) in [4.78, 5) is 13.7. The molecule has 0 amide bonds. The molecular weight excluding hydrogens is 143 g/mol. The molecule has 0 spiro atoms. The molecule has 5 heteroatoms. The van der Waals surface area contributed by atoms with Crippen LogP contribution in [-0.2, 0) is 11.3 Å². The van der Waals surface area contributed by atoms with Gasteiger partial charge in [0.1, 0.15) is 6.54 Å². The Morgan fingerprint density at radius 1 is 1.70 bits per heavy atom. The molecule has 10 heavy (non-hydrogen) atoms. The first-order valence-corrected chi connectivity index (χ1v) is 2.46. The summed E-state index contributed by atoms with van der Waals surface area (Å²) in [6.07, 6.45) is 4.62. The average molecular weight is 150 g/mol. The molecule has 0 saturated carbocycles. The molecule has 4 nitrogen and oxygen atoms in total. The number of aliphatic carboxylic acids is 1. The molecular formula is C5H7N2NaO2. The average Bonchev–Trinajstić information content (AvgIpc) is 2.15. The Hall–Kier alpha value is -0.320. The molecule has 0 radical (unpaired) electrons. The van der Waals surface area contributed by atoms with Gasteiger partial charge in [0.15, 0.2) is 0 Å². The van der Waals surface area contributed by atoms with Crippen LogP contribution in [0.15, 0.2) is 18.7 Å². The number of hydrogen-bond acceptors (Lipinski definition) is 2. The normalized spacial score (nSPS) is 8.40. The third kappa shape index (κ3) is 3.00. The Labute approximate surface area is 80.2 Å². The quantitative estimate of drug-likeness (QED) is 0.568. The first kappa shape index (κ1) is 9.68. The molecule has 1 N–H and O–H groups in total. The third-order valence-electron chi connectivity index (χ3n) is 0.877. The fraction of sp³-hybridized carbons (Fsp3) is 0.200. The predicted molar refractivity (Wildman–Crippen MR) is 37.0 cm³/mol. The molecule has 0 aromatic carbocycles.